The molecule has 2 aliphatic heterocycles. The standard InChI is InChI=1S/C19H35N3O3/c1-14(2)4-7-21-8-5-16(6-9-21)11-20-19(25)22-12-15(3)10-17(13-22)18(23)24/h14-17H,4-13H2,1-3H3,(H,20,25)(H,23,24). The molecule has 0 aromatic carbocycles. The van der Waals surface area contributed by atoms with E-state index in [-0.39, 0.29) is 11.9 Å². The molecule has 0 spiro atoms. The first-order valence-corrected chi connectivity index (χ1v) is 9.83. The molecule has 2 rings (SSSR count). The number of hydrogen-bond acceptors (Lipinski definition) is 3. The fourth-order valence-corrected chi connectivity index (χ4v) is 3.89. The van der Waals surface area contributed by atoms with Gasteiger partial charge in [0.05, 0.1) is 5.92 Å². The van der Waals surface area contributed by atoms with E-state index in [2.05, 4.69) is 24.1 Å². The smallest absolute Gasteiger partial charge is 0.317 e. The number of nitrogens with zero attached hydrogens (tertiary/aromatic N) is 2. The molecule has 6 nitrogen and oxygen atoms in total. The van der Waals surface area contributed by atoms with Gasteiger partial charge in [0, 0.05) is 19.6 Å². The van der Waals surface area contributed by atoms with Crippen LogP contribution in [0.3, 0.4) is 0 Å². The van der Waals surface area contributed by atoms with E-state index in [1.807, 2.05) is 6.92 Å². The van der Waals surface area contributed by atoms with E-state index < -0.39 is 11.9 Å². The Balaban J connectivity index is 1.69. The minimum atomic E-state index is -0.793. The second kappa shape index (κ2) is 9.41. The van der Waals surface area contributed by atoms with Crippen LogP contribution in [0, 0.1) is 23.7 Å². The number of amides is 2. The zero-order valence-electron chi connectivity index (χ0n) is 16.0. The molecular weight excluding hydrogens is 318 g/mol. The Labute approximate surface area is 151 Å². The van der Waals surface area contributed by atoms with Crippen LogP contribution in [-0.2, 0) is 4.79 Å². The number of hydrogen-bond donors (Lipinski definition) is 2. The van der Waals surface area contributed by atoms with Crippen molar-refractivity contribution in [2.24, 2.45) is 23.7 Å². The minimum absolute atomic E-state index is 0.0972. The van der Waals surface area contributed by atoms with Crippen LogP contribution >= 0.6 is 0 Å². The topological polar surface area (TPSA) is 72.9 Å². The van der Waals surface area contributed by atoms with Gasteiger partial charge in [-0.2, -0.15) is 0 Å². The van der Waals surface area contributed by atoms with E-state index in [4.69, 9.17) is 0 Å². The SMILES string of the molecule is CC(C)CCN1CCC(CNC(=O)N2CC(C)CC(C(=O)O)C2)CC1. The Hall–Kier alpha value is -1.30. The van der Waals surface area contributed by atoms with Crippen LogP contribution in [0.4, 0.5) is 4.79 Å². The van der Waals surface area contributed by atoms with E-state index in [9.17, 15) is 14.7 Å². The van der Waals surface area contributed by atoms with E-state index in [0.717, 1.165) is 31.8 Å². The predicted molar refractivity (Wildman–Crippen MR) is 98.5 cm³/mol. The van der Waals surface area contributed by atoms with Gasteiger partial charge in [-0.3, -0.25) is 4.79 Å². The second-order valence-corrected chi connectivity index (χ2v) is 8.43. The molecule has 25 heavy (non-hydrogen) atoms. The number of aliphatic carboxylic acids is 1. The number of nitrogens with one attached hydrogen (secondary N) is 1. The molecule has 6 heteroatoms. The lowest BCUT2D eigenvalue weighted by atomic mass is 9.91. The van der Waals surface area contributed by atoms with Crippen LogP contribution < -0.4 is 5.32 Å². The summed E-state index contributed by atoms with van der Waals surface area (Å²) in [5, 5.41) is 12.3. The van der Waals surface area contributed by atoms with Crippen molar-refractivity contribution < 1.29 is 14.7 Å². The highest BCUT2D eigenvalue weighted by atomic mass is 16.4. The molecule has 0 saturated carbocycles. The van der Waals surface area contributed by atoms with Crippen LogP contribution in [0.5, 0.6) is 0 Å². The first-order valence-electron chi connectivity index (χ1n) is 9.83. The quantitative estimate of drug-likeness (QED) is 0.769. The van der Waals surface area contributed by atoms with E-state index in [1.165, 1.54) is 13.0 Å². The van der Waals surface area contributed by atoms with Gasteiger partial charge in [0.2, 0.25) is 0 Å². The molecule has 0 aliphatic carbocycles. The van der Waals surface area contributed by atoms with Gasteiger partial charge >= 0.3 is 12.0 Å². The number of carboxylic acid groups (broad SMARTS) is 1. The fourth-order valence-electron chi connectivity index (χ4n) is 3.89. The van der Waals surface area contributed by atoms with Crippen LogP contribution in [0.25, 0.3) is 0 Å². The van der Waals surface area contributed by atoms with Crippen molar-refractivity contribution >= 4 is 12.0 Å². The van der Waals surface area contributed by atoms with Gasteiger partial charge in [-0.1, -0.05) is 20.8 Å². The Kier molecular flexibility index (Phi) is 7.54. The molecule has 0 radical (unpaired) electrons. The van der Waals surface area contributed by atoms with Crippen LogP contribution in [0.15, 0.2) is 0 Å². The highest BCUT2D eigenvalue weighted by Gasteiger charge is 2.32. The van der Waals surface area contributed by atoms with Gasteiger partial charge in [0.25, 0.3) is 0 Å². The summed E-state index contributed by atoms with van der Waals surface area (Å²) in [5.41, 5.74) is 0. The van der Waals surface area contributed by atoms with Crippen molar-refractivity contribution in [3.05, 3.63) is 0 Å². The van der Waals surface area contributed by atoms with Gasteiger partial charge in [0.15, 0.2) is 0 Å². The number of carbonyl (C=O) groups excluding carboxylic acids is 1. The summed E-state index contributed by atoms with van der Waals surface area (Å²) in [6.45, 7) is 11.7. The van der Waals surface area contributed by atoms with Crippen molar-refractivity contribution in [1.82, 2.24) is 15.1 Å². The first kappa shape index (κ1) is 20.0. The monoisotopic (exact) mass is 353 g/mol. The summed E-state index contributed by atoms with van der Waals surface area (Å²) < 4.78 is 0. The van der Waals surface area contributed by atoms with Crippen LogP contribution in [0.1, 0.15) is 46.5 Å². The van der Waals surface area contributed by atoms with E-state index in [1.54, 1.807) is 4.90 Å². The first-order chi connectivity index (χ1) is 11.8. The lowest BCUT2D eigenvalue weighted by Crippen LogP contribution is -2.50. The van der Waals surface area contributed by atoms with E-state index >= 15 is 0 Å². The molecule has 2 saturated heterocycles. The molecule has 2 fully saturated rings. The molecule has 2 atom stereocenters. The summed E-state index contributed by atoms with van der Waals surface area (Å²) in [6.07, 6.45) is 4.17. The normalized spacial score (nSPS) is 26.0. The summed E-state index contributed by atoms with van der Waals surface area (Å²) >= 11 is 0. The number of rotatable bonds is 6. The lowest BCUT2D eigenvalue weighted by Gasteiger charge is -2.36. The number of carbonyl (C=O) groups is 2. The third-order valence-electron chi connectivity index (χ3n) is 5.57. The number of likely N-dealkylation sites (tertiary alicyclic amines) is 2. The third kappa shape index (κ3) is 6.49. The van der Waals surface area contributed by atoms with Crippen molar-refractivity contribution in [1.29, 1.82) is 0 Å². The third-order valence-corrected chi connectivity index (χ3v) is 5.57. The van der Waals surface area contributed by atoms with Crippen LogP contribution in [-0.4, -0.2) is 66.2 Å². The minimum Gasteiger partial charge on any atom is -0.481 e. The van der Waals surface area contributed by atoms with Gasteiger partial charge < -0.3 is 20.2 Å². The molecular formula is C19H35N3O3. The van der Waals surface area contributed by atoms with E-state index in [0.29, 0.717) is 32.0 Å². The average Bonchev–Trinajstić information content (AvgIpc) is 2.58. The summed E-state index contributed by atoms with van der Waals surface area (Å²) in [7, 11) is 0. The number of piperidine rings is 2. The van der Waals surface area contributed by atoms with Crippen molar-refractivity contribution in [2.45, 2.75) is 46.5 Å². The average molecular weight is 354 g/mol. The summed E-state index contributed by atoms with van der Waals surface area (Å²) in [6, 6.07) is -0.0972. The predicted octanol–water partition coefficient (Wildman–Crippen LogP) is 2.50. The summed E-state index contributed by atoms with van der Waals surface area (Å²) in [4.78, 5) is 27.9. The molecule has 2 N–H and O–H groups in total. The Morgan fingerprint density at radius 1 is 1.20 bits per heavy atom. The Morgan fingerprint density at radius 3 is 2.48 bits per heavy atom. The maximum atomic E-state index is 12.4. The molecule has 0 bridgehead atoms. The fraction of sp³-hybridized carbons (Fsp3) is 0.895. The Bertz CT molecular complexity index is 447. The maximum Gasteiger partial charge on any atom is 0.317 e. The zero-order valence-corrected chi connectivity index (χ0v) is 16.0. The highest BCUT2D eigenvalue weighted by molar-refractivity contribution is 5.76. The number of carboxylic acids is 1. The lowest BCUT2D eigenvalue weighted by molar-refractivity contribution is -0.143. The zero-order chi connectivity index (χ0) is 18.4. The molecule has 2 amide bonds. The van der Waals surface area contributed by atoms with Gasteiger partial charge in [-0.25, -0.2) is 4.79 Å². The number of urea groups is 1. The van der Waals surface area contributed by atoms with Gasteiger partial charge in [-0.05, 0) is 63.1 Å². The maximum absolute atomic E-state index is 12.4. The molecule has 2 unspecified atom stereocenters. The second-order valence-electron chi connectivity index (χ2n) is 8.43. The van der Waals surface area contributed by atoms with Crippen molar-refractivity contribution in [2.75, 3.05) is 39.3 Å². The van der Waals surface area contributed by atoms with Crippen molar-refractivity contribution in [3.8, 4) is 0 Å². The van der Waals surface area contributed by atoms with Gasteiger partial charge in [-0.15, -0.1) is 0 Å². The van der Waals surface area contributed by atoms with Gasteiger partial charge in [0.1, 0.15) is 0 Å². The Morgan fingerprint density at radius 2 is 1.88 bits per heavy atom. The molecule has 2 heterocycles. The molecule has 2 aliphatic rings. The molecule has 0 aromatic rings. The molecule has 144 valence electrons. The van der Waals surface area contributed by atoms with Crippen molar-refractivity contribution in [3.63, 3.8) is 0 Å². The largest absolute Gasteiger partial charge is 0.481 e. The van der Waals surface area contributed by atoms with Crippen LogP contribution in [0.2, 0.25) is 0 Å². The highest BCUT2D eigenvalue weighted by Crippen LogP contribution is 2.22. The summed E-state index contributed by atoms with van der Waals surface area (Å²) in [5.74, 6) is 0.303. The molecule has 0 aromatic heterocycles.